The van der Waals surface area contributed by atoms with Gasteiger partial charge in [0, 0.05) is 20.9 Å². The number of amides is 2. The molecule has 0 saturated carbocycles. The first kappa shape index (κ1) is 28.0. The van der Waals surface area contributed by atoms with Crippen molar-refractivity contribution < 1.29 is 28.5 Å². The van der Waals surface area contributed by atoms with E-state index < -0.39 is 23.9 Å². The summed E-state index contributed by atoms with van der Waals surface area (Å²) >= 11 is 11.1. The van der Waals surface area contributed by atoms with Gasteiger partial charge in [-0.1, -0.05) is 24.4 Å². The molecule has 35 heavy (non-hydrogen) atoms. The van der Waals surface area contributed by atoms with Crippen molar-refractivity contribution in [1.82, 2.24) is 10.6 Å². The molecule has 0 aliphatic heterocycles. The van der Waals surface area contributed by atoms with Gasteiger partial charge in [0.2, 0.25) is 11.8 Å². The fraction of sp³-hybridized carbons (Fsp3) is 0.360. The second-order valence-electron chi connectivity index (χ2n) is 7.62. The van der Waals surface area contributed by atoms with E-state index in [0.29, 0.717) is 43.9 Å². The van der Waals surface area contributed by atoms with Gasteiger partial charge in [0.15, 0.2) is 0 Å². The minimum Gasteiger partial charge on any atom is -0.497 e. The average molecular weight is 519 g/mol. The molecule has 2 aromatic carbocycles. The number of hydrogen-bond donors (Lipinski definition) is 2. The van der Waals surface area contributed by atoms with Gasteiger partial charge in [-0.25, -0.2) is 0 Å². The van der Waals surface area contributed by atoms with Gasteiger partial charge < -0.3 is 29.6 Å². The van der Waals surface area contributed by atoms with Crippen LogP contribution in [0.15, 0.2) is 36.4 Å². The van der Waals surface area contributed by atoms with Gasteiger partial charge in [0.05, 0.1) is 40.5 Å². The lowest BCUT2D eigenvalue weighted by Crippen LogP contribution is -2.43. The molecule has 0 aromatic heterocycles. The van der Waals surface area contributed by atoms with Crippen LogP contribution in [0.4, 0.5) is 0 Å². The molecule has 2 N–H and O–H groups in total. The second-order valence-corrected chi connectivity index (χ2v) is 8.50. The Kier molecular flexibility index (Phi) is 10.4. The molecule has 2 aromatic rings. The van der Waals surface area contributed by atoms with Gasteiger partial charge >= 0.3 is 0 Å². The van der Waals surface area contributed by atoms with E-state index in [1.165, 1.54) is 14.2 Å². The number of methoxy groups -OCH3 is 4. The van der Waals surface area contributed by atoms with Crippen LogP contribution in [-0.2, 0) is 9.59 Å². The van der Waals surface area contributed by atoms with Crippen LogP contribution in [0.3, 0.4) is 0 Å². The third kappa shape index (κ3) is 7.37. The third-order valence-electron chi connectivity index (χ3n) is 5.21. The lowest BCUT2D eigenvalue weighted by atomic mass is 10.0. The summed E-state index contributed by atoms with van der Waals surface area (Å²) in [7, 11) is 6.17. The van der Waals surface area contributed by atoms with Crippen molar-refractivity contribution >= 4 is 46.0 Å². The number of rotatable bonds is 12. The Hall–Kier alpha value is -3.24. The Balaban J connectivity index is 2.00. The molecule has 0 heterocycles. The van der Waals surface area contributed by atoms with Crippen LogP contribution in [0.25, 0.3) is 0 Å². The summed E-state index contributed by atoms with van der Waals surface area (Å²) in [6.07, 6.45) is -0.385. The third-order valence-corrected chi connectivity index (χ3v) is 6.35. The minimum atomic E-state index is -0.522. The van der Waals surface area contributed by atoms with Gasteiger partial charge in [0.25, 0.3) is 0 Å². The fourth-order valence-corrected chi connectivity index (χ4v) is 3.78. The lowest BCUT2D eigenvalue weighted by molar-refractivity contribution is -0.129. The van der Waals surface area contributed by atoms with Crippen LogP contribution in [0.2, 0.25) is 0 Å². The lowest BCUT2D eigenvalue weighted by Gasteiger charge is -2.19. The van der Waals surface area contributed by atoms with E-state index in [2.05, 4.69) is 10.6 Å². The average Bonchev–Trinajstić information content (AvgIpc) is 2.86. The van der Waals surface area contributed by atoms with Gasteiger partial charge in [-0.3, -0.25) is 9.59 Å². The molecule has 2 unspecified atom stereocenters. The van der Waals surface area contributed by atoms with E-state index in [1.54, 1.807) is 64.5 Å². The molecule has 0 radical (unpaired) electrons. The molecular weight excluding hydrogens is 488 g/mol. The Bertz CT molecular complexity index is 1020. The first-order chi connectivity index (χ1) is 16.6. The largest absolute Gasteiger partial charge is 0.497 e. The Morgan fingerprint density at radius 2 is 1.09 bits per heavy atom. The molecule has 0 saturated heterocycles. The zero-order valence-corrected chi connectivity index (χ0v) is 22.2. The van der Waals surface area contributed by atoms with Crippen molar-refractivity contribution in [2.75, 3.05) is 28.4 Å². The molecule has 0 bridgehead atoms. The monoisotopic (exact) mass is 518 g/mol. The molecule has 8 nitrogen and oxygen atoms in total. The summed E-state index contributed by atoms with van der Waals surface area (Å²) in [4.78, 5) is 26.0. The van der Waals surface area contributed by atoms with Crippen molar-refractivity contribution in [2.45, 2.75) is 32.4 Å². The van der Waals surface area contributed by atoms with Crippen molar-refractivity contribution in [2.24, 2.45) is 0 Å². The number of benzene rings is 2. The Morgan fingerprint density at radius 3 is 1.40 bits per heavy atom. The van der Waals surface area contributed by atoms with E-state index in [-0.39, 0.29) is 6.42 Å². The smallest absolute Gasteiger partial charge is 0.229 e. The molecule has 10 heteroatoms. The zero-order valence-electron chi connectivity index (χ0n) is 20.6. The van der Waals surface area contributed by atoms with Crippen LogP contribution in [0.5, 0.6) is 23.0 Å². The van der Waals surface area contributed by atoms with Crippen molar-refractivity contribution in [3.63, 3.8) is 0 Å². The van der Waals surface area contributed by atoms with Gasteiger partial charge in [0.1, 0.15) is 29.4 Å². The maximum absolute atomic E-state index is 12.5. The van der Waals surface area contributed by atoms with Crippen LogP contribution in [0.1, 0.15) is 31.4 Å². The molecule has 188 valence electrons. The number of carbonyl (C=O) groups is 2. The van der Waals surface area contributed by atoms with E-state index >= 15 is 0 Å². The summed E-state index contributed by atoms with van der Waals surface area (Å²) in [5.74, 6) is 1.39. The summed E-state index contributed by atoms with van der Waals surface area (Å²) in [5, 5.41) is 5.52. The van der Waals surface area contributed by atoms with Crippen LogP contribution in [0, 0.1) is 0 Å². The highest BCUT2D eigenvalue weighted by atomic mass is 32.1. The van der Waals surface area contributed by atoms with Gasteiger partial charge in [-0.05, 0) is 50.2 Å². The number of ether oxygens (including phenoxy) is 4. The Labute approximate surface area is 216 Å². The molecule has 0 spiro atoms. The van der Waals surface area contributed by atoms with Crippen molar-refractivity contribution in [1.29, 1.82) is 0 Å². The quantitative estimate of drug-likeness (QED) is 0.251. The van der Waals surface area contributed by atoms with E-state index in [0.717, 1.165) is 0 Å². The zero-order chi connectivity index (χ0) is 26.1. The highest BCUT2D eigenvalue weighted by Gasteiger charge is 2.22. The maximum atomic E-state index is 12.5. The standard InChI is InChI=1S/C25H30N2O6S2/c1-14(24(34)18-11-16(30-3)7-9-20(18)32-5)26-22(28)13-23(29)27-15(2)25(35)19-12-17(31-4)8-10-21(19)33-6/h7-12,14-15H,13H2,1-6H3,(H,26,28)(H,27,29). The summed E-state index contributed by atoms with van der Waals surface area (Å²) in [6.45, 7) is 3.48. The minimum absolute atomic E-state index is 0.385. The van der Waals surface area contributed by atoms with Crippen LogP contribution in [-0.4, -0.2) is 62.1 Å². The maximum Gasteiger partial charge on any atom is 0.229 e. The Morgan fingerprint density at radius 1 is 0.714 bits per heavy atom. The highest BCUT2D eigenvalue weighted by molar-refractivity contribution is 7.81. The number of thiocarbonyl (C=S) groups is 2. The highest BCUT2D eigenvalue weighted by Crippen LogP contribution is 2.27. The second kappa shape index (κ2) is 13.0. The van der Waals surface area contributed by atoms with E-state index in [9.17, 15) is 9.59 Å². The molecule has 0 fully saturated rings. The first-order valence-corrected chi connectivity index (χ1v) is 11.6. The summed E-state index contributed by atoms with van der Waals surface area (Å²) in [6, 6.07) is 9.43. The SMILES string of the molecule is COc1ccc(OC)c(C(=S)C(C)NC(=O)CC(=O)NC(C)C(=S)c2cc(OC)ccc2OC)c1. The first-order valence-electron chi connectivity index (χ1n) is 10.8. The van der Waals surface area contributed by atoms with E-state index in [4.69, 9.17) is 43.4 Å². The molecule has 2 amide bonds. The van der Waals surface area contributed by atoms with Crippen molar-refractivity contribution in [3.8, 4) is 23.0 Å². The predicted octanol–water partition coefficient (Wildman–Crippen LogP) is 3.26. The van der Waals surface area contributed by atoms with Gasteiger partial charge in [-0.2, -0.15) is 0 Å². The molecule has 2 atom stereocenters. The number of carbonyl (C=O) groups excluding carboxylic acids is 2. The molecule has 2 rings (SSSR count). The number of hydrogen-bond acceptors (Lipinski definition) is 8. The van der Waals surface area contributed by atoms with Crippen LogP contribution < -0.4 is 29.6 Å². The predicted molar refractivity (Wildman–Crippen MR) is 142 cm³/mol. The summed E-state index contributed by atoms with van der Waals surface area (Å²) in [5.41, 5.74) is 1.26. The van der Waals surface area contributed by atoms with Crippen LogP contribution >= 0.6 is 24.4 Å². The summed E-state index contributed by atoms with van der Waals surface area (Å²) < 4.78 is 21.2. The fourth-order valence-electron chi connectivity index (χ4n) is 3.34. The topological polar surface area (TPSA) is 95.1 Å². The molecular formula is C25H30N2O6S2. The van der Waals surface area contributed by atoms with Crippen molar-refractivity contribution in [3.05, 3.63) is 47.5 Å². The normalized spacial score (nSPS) is 12.1. The molecule has 0 aliphatic carbocycles. The number of nitrogens with one attached hydrogen (secondary N) is 2. The van der Waals surface area contributed by atoms with E-state index in [1.807, 2.05) is 0 Å². The molecule has 0 aliphatic rings. The van der Waals surface area contributed by atoms with Gasteiger partial charge in [-0.15, -0.1) is 0 Å².